The first-order chi connectivity index (χ1) is 14.6. The lowest BCUT2D eigenvalue weighted by molar-refractivity contribution is -0.116. The lowest BCUT2D eigenvalue weighted by atomic mass is 9.83. The highest BCUT2D eigenvalue weighted by Crippen LogP contribution is 2.32. The van der Waals surface area contributed by atoms with E-state index in [1.54, 1.807) is 42.5 Å². The van der Waals surface area contributed by atoms with E-state index in [0.717, 1.165) is 19.3 Å². The number of unbranched alkanes of at least 4 members (excludes halogenated alkanes) is 8. The van der Waals surface area contributed by atoms with Gasteiger partial charge in [-0.25, -0.2) is 0 Å². The number of amides is 1. The maximum atomic E-state index is 13.0. The molecular formula is C26H31NO3. The van der Waals surface area contributed by atoms with Crippen molar-refractivity contribution in [2.24, 2.45) is 0 Å². The van der Waals surface area contributed by atoms with Crippen LogP contribution in [0.25, 0.3) is 0 Å². The van der Waals surface area contributed by atoms with Crippen LogP contribution in [0, 0.1) is 0 Å². The second kappa shape index (κ2) is 10.9. The highest BCUT2D eigenvalue weighted by atomic mass is 16.2. The van der Waals surface area contributed by atoms with E-state index >= 15 is 0 Å². The summed E-state index contributed by atoms with van der Waals surface area (Å²) in [7, 11) is 0. The van der Waals surface area contributed by atoms with Crippen molar-refractivity contribution in [2.45, 2.75) is 71.1 Å². The molecule has 1 amide bonds. The summed E-state index contributed by atoms with van der Waals surface area (Å²) in [5, 5.41) is 2.87. The molecule has 0 radical (unpaired) electrons. The van der Waals surface area contributed by atoms with Gasteiger partial charge in [0.1, 0.15) is 0 Å². The summed E-state index contributed by atoms with van der Waals surface area (Å²) in [6.45, 7) is 2.23. The normalized spacial score (nSPS) is 12.4. The number of fused-ring (bicyclic) bond motifs is 2. The van der Waals surface area contributed by atoms with Crippen molar-refractivity contribution in [3.8, 4) is 0 Å². The van der Waals surface area contributed by atoms with E-state index in [1.807, 2.05) is 0 Å². The molecule has 0 atom stereocenters. The van der Waals surface area contributed by atoms with Crippen LogP contribution in [-0.4, -0.2) is 17.5 Å². The van der Waals surface area contributed by atoms with Gasteiger partial charge in [-0.2, -0.15) is 0 Å². The van der Waals surface area contributed by atoms with Crippen LogP contribution < -0.4 is 5.32 Å². The van der Waals surface area contributed by atoms with E-state index in [2.05, 4.69) is 12.2 Å². The number of ketones is 2. The van der Waals surface area contributed by atoms with Crippen molar-refractivity contribution in [3.63, 3.8) is 0 Å². The summed E-state index contributed by atoms with van der Waals surface area (Å²) in [5.41, 5.74) is 1.92. The summed E-state index contributed by atoms with van der Waals surface area (Å²) in [6.07, 6.45) is 11.2. The van der Waals surface area contributed by atoms with Gasteiger partial charge >= 0.3 is 0 Å². The Kier molecular flexibility index (Phi) is 7.95. The standard InChI is InChI=1S/C26H31NO3/c1-2-3-4-5-6-7-8-9-10-18-23(28)27-22-17-13-16-21-24(22)26(30)20-15-12-11-14-19(20)25(21)29/h11-17H,2-10,18H2,1H3,(H,27,28). The molecule has 2 aromatic carbocycles. The van der Waals surface area contributed by atoms with Crippen molar-refractivity contribution in [1.29, 1.82) is 0 Å². The molecule has 0 aliphatic heterocycles. The largest absolute Gasteiger partial charge is 0.325 e. The molecule has 3 rings (SSSR count). The quantitative estimate of drug-likeness (QED) is 0.380. The van der Waals surface area contributed by atoms with E-state index < -0.39 is 0 Å². The van der Waals surface area contributed by atoms with Crippen molar-refractivity contribution in [3.05, 3.63) is 64.7 Å². The molecule has 30 heavy (non-hydrogen) atoms. The Balaban J connectivity index is 1.53. The first-order valence-electron chi connectivity index (χ1n) is 11.2. The number of hydrogen-bond acceptors (Lipinski definition) is 3. The van der Waals surface area contributed by atoms with Crippen LogP contribution in [-0.2, 0) is 4.79 Å². The number of carbonyl (C=O) groups excluding carboxylic acids is 3. The topological polar surface area (TPSA) is 63.2 Å². The van der Waals surface area contributed by atoms with E-state index in [-0.39, 0.29) is 17.5 Å². The average molecular weight is 406 g/mol. The molecule has 0 unspecified atom stereocenters. The van der Waals surface area contributed by atoms with E-state index in [1.165, 1.54) is 38.5 Å². The minimum atomic E-state index is -0.209. The lowest BCUT2D eigenvalue weighted by Gasteiger charge is -2.20. The number of rotatable bonds is 11. The molecule has 4 nitrogen and oxygen atoms in total. The predicted octanol–water partition coefficient (Wildman–Crippen LogP) is 6.32. The van der Waals surface area contributed by atoms with Crippen LogP contribution in [0.15, 0.2) is 42.5 Å². The second-order valence-corrected chi connectivity index (χ2v) is 8.06. The third kappa shape index (κ3) is 5.24. The van der Waals surface area contributed by atoms with Gasteiger partial charge in [0.2, 0.25) is 5.91 Å². The molecule has 2 aromatic rings. The van der Waals surface area contributed by atoms with E-state index in [9.17, 15) is 14.4 Å². The predicted molar refractivity (Wildman–Crippen MR) is 120 cm³/mol. The maximum Gasteiger partial charge on any atom is 0.224 e. The van der Waals surface area contributed by atoms with Gasteiger partial charge in [-0.3, -0.25) is 14.4 Å². The number of benzene rings is 2. The molecule has 0 spiro atoms. The molecule has 1 aliphatic rings. The summed E-state index contributed by atoms with van der Waals surface area (Å²) in [6, 6.07) is 11.9. The molecule has 4 heteroatoms. The lowest BCUT2D eigenvalue weighted by Crippen LogP contribution is -2.23. The number of anilines is 1. The smallest absolute Gasteiger partial charge is 0.224 e. The molecule has 0 bridgehead atoms. The van der Waals surface area contributed by atoms with Gasteiger partial charge in [-0.15, -0.1) is 0 Å². The second-order valence-electron chi connectivity index (χ2n) is 8.06. The number of carbonyl (C=O) groups is 3. The molecule has 1 aliphatic carbocycles. The van der Waals surface area contributed by atoms with Crippen LogP contribution in [0.3, 0.4) is 0 Å². The van der Waals surface area contributed by atoms with Gasteiger partial charge in [0.15, 0.2) is 11.6 Å². The van der Waals surface area contributed by atoms with Crippen LogP contribution in [0.1, 0.15) is 103 Å². The van der Waals surface area contributed by atoms with Crippen molar-refractivity contribution in [2.75, 3.05) is 5.32 Å². The van der Waals surface area contributed by atoms with Gasteiger partial charge in [-0.05, 0) is 12.5 Å². The molecule has 0 heterocycles. The fourth-order valence-electron chi connectivity index (χ4n) is 4.06. The van der Waals surface area contributed by atoms with Crippen LogP contribution >= 0.6 is 0 Å². The van der Waals surface area contributed by atoms with Crippen molar-refractivity contribution in [1.82, 2.24) is 0 Å². The van der Waals surface area contributed by atoms with Crippen LogP contribution in [0.4, 0.5) is 5.69 Å². The van der Waals surface area contributed by atoms with Crippen LogP contribution in [0.5, 0.6) is 0 Å². The fourth-order valence-corrected chi connectivity index (χ4v) is 4.06. The Bertz CT molecular complexity index is 916. The van der Waals surface area contributed by atoms with Crippen molar-refractivity contribution >= 4 is 23.2 Å². The third-order valence-electron chi connectivity index (χ3n) is 5.73. The SMILES string of the molecule is CCCCCCCCCCCC(=O)Nc1cccc2c1C(=O)c1ccccc1C2=O. The molecular weight excluding hydrogens is 374 g/mol. The monoisotopic (exact) mass is 405 g/mol. The molecule has 0 saturated heterocycles. The molecule has 1 N–H and O–H groups in total. The van der Waals surface area contributed by atoms with Crippen LogP contribution in [0.2, 0.25) is 0 Å². The molecule has 158 valence electrons. The first kappa shape index (κ1) is 21.9. The average Bonchev–Trinajstić information content (AvgIpc) is 2.76. The zero-order chi connectivity index (χ0) is 21.3. The molecule has 0 saturated carbocycles. The molecule has 0 aromatic heterocycles. The van der Waals surface area contributed by atoms with Gasteiger partial charge in [0.25, 0.3) is 0 Å². The first-order valence-corrected chi connectivity index (χ1v) is 11.2. The zero-order valence-electron chi connectivity index (χ0n) is 17.8. The summed E-state index contributed by atoms with van der Waals surface area (Å²) >= 11 is 0. The minimum absolute atomic E-state index is 0.106. The number of hydrogen-bond donors (Lipinski definition) is 1. The van der Waals surface area contributed by atoms with Gasteiger partial charge in [-0.1, -0.05) is 94.7 Å². The van der Waals surface area contributed by atoms with Crippen molar-refractivity contribution < 1.29 is 14.4 Å². The Morgan fingerprint density at radius 1 is 0.700 bits per heavy atom. The van der Waals surface area contributed by atoms with Gasteiger partial charge in [0, 0.05) is 23.1 Å². The third-order valence-corrected chi connectivity index (χ3v) is 5.73. The summed E-state index contributed by atoms with van der Waals surface area (Å²) in [5.74, 6) is -0.486. The Morgan fingerprint density at radius 3 is 1.93 bits per heavy atom. The van der Waals surface area contributed by atoms with Gasteiger partial charge < -0.3 is 5.32 Å². The minimum Gasteiger partial charge on any atom is -0.325 e. The Morgan fingerprint density at radius 2 is 1.27 bits per heavy atom. The molecule has 0 fully saturated rings. The Labute approximate surface area is 179 Å². The highest BCUT2D eigenvalue weighted by molar-refractivity contribution is 6.30. The fraction of sp³-hybridized carbons (Fsp3) is 0.423. The zero-order valence-corrected chi connectivity index (χ0v) is 17.8. The van der Waals surface area contributed by atoms with Gasteiger partial charge in [0.05, 0.1) is 11.3 Å². The Hall–Kier alpha value is -2.75. The highest BCUT2D eigenvalue weighted by Gasteiger charge is 2.31. The van der Waals surface area contributed by atoms with E-state index in [4.69, 9.17) is 0 Å². The maximum absolute atomic E-state index is 13.0. The number of nitrogens with one attached hydrogen (secondary N) is 1. The van der Waals surface area contributed by atoms with E-state index in [0.29, 0.717) is 34.4 Å². The summed E-state index contributed by atoms with van der Waals surface area (Å²) in [4.78, 5) is 38.2. The summed E-state index contributed by atoms with van der Waals surface area (Å²) < 4.78 is 0.